The lowest BCUT2D eigenvalue weighted by molar-refractivity contribution is -0.132. The van der Waals surface area contributed by atoms with E-state index in [2.05, 4.69) is 11.6 Å². The zero-order chi connectivity index (χ0) is 31.4. The molecule has 0 radical (unpaired) electrons. The molecule has 0 saturated carbocycles. The van der Waals surface area contributed by atoms with Crippen LogP contribution in [0.25, 0.3) is 5.76 Å². The Hall–Kier alpha value is -5.02. The monoisotopic (exact) mass is 608 g/mol. The van der Waals surface area contributed by atoms with Gasteiger partial charge in [-0.1, -0.05) is 85.0 Å². The Kier molecular flexibility index (Phi) is 9.06. The maximum Gasteiger partial charge on any atom is 0.350 e. The number of rotatable bonds is 10. The van der Waals surface area contributed by atoms with Gasteiger partial charge < -0.3 is 14.6 Å². The van der Waals surface area contributed by atoms with E-state index in [0.717, 1.165) is 34.4 Å². The second-order valence-electron chi connectivity index (χ2n) is 10.4. The van der Waals surface area contributed by atoms with E-state index in [1.165, 1.54) is 11.0 Å². The van der Waals surface area contributed by atoms with Gasteiger partial charge in [0.15, 0.2) is 5.13 Å². The van der Waals surface area contributed by atoms with Gasteiger partial charge in [0.25, 0.3) is 5.78 Å². The third-order valence-corrected chi connectivity index (χ3v) is 8.41. The minimum absolute atomic E-state index is 0.0234. The molecule has 4 aromatic rings. The summed E-state index contributed by atoms with van der Waals surface area (Å²) in [7, 11) is 0. The molecule has 1 aromatic heterocycles. The predicted molar refractivity (Wildman–Crippen MR) is 170 cm³/mol. The van der Waals surface area contributed by atoms with Gasteiger partial charge in [0, 0.05) is 5.56 Å². The van der Waals surface area contributed by atoms with E-state index in [4.69, 9.17) is 9.47 Å². The van der Waals surface area contributed by atoms with Crippen LogP contribution >= 0.6 is 11.3 Å². The number of hydrogen-bond donors (Lipinski definition) is 1. The smallest absolute Gasteiger partial charge is 0.350 e. The van der Waals surface area contributed by atoms with Crippen molar-refractivity contribution in [2.24, 2.45) is 0 Å². The lowest BCUT2D eigenvalue weighted by Gasteiger charge is -2.23. The van der Waals surface area contributed by atoms with Gasteiger partial charge >= 0.3 is 11.9 Å². The van der Waals surface area contributed by atoms with Gasteiger partial charge in [-0.05, 0) is 61.2 Å². The molecular formula is C35H32N2O6S. The van der Waals surface area contributed by atoms with Crippen molar-refractivity contribution in [3.63, 3.8) is 0 Å². The van der Waals surface area contributed by atoms with E-state index in [0.29, 0.717) is 29.2 Å². The molecule has 1 unspecified atom stereocenters. The van der Waals surface area contributed by atoms with Crippen molar-refractivity contribution in [1.82, 2.24) is 4.98 Å². The minimum Gasteiger partial charge on any atom is -0.507 e. The van der Waals surface area contributed by atoms with Crippen LogP contribution in [0.2, 0.25) is 0 Å². The van der Waals surface area contributed by atoms with Crippen LogP contribution in [0.5, 0.6) is 5.75 Å². The molecule has 1 aliphatic rings. The first-order valence-electron chi connectivity index (χ1n) is 14.2. The average molecular weight is 609 g/mol. The summed E-state index contributed by atoms with van der Waals surface area (Å²) in [6, 6.07) is 21.2. The number of anilines is 1. The normalized spacial score (nSPS) is 15.8. The van der Waals surface area contributed by atoms with Crippen molar-refractivity contribution in [3.05, 3.63) is 129 Å². The number of Topliss-reactive ketones (excluding diaryl/α,β-unsaturated/α-hetero) is 1. The quantitative estimate of drug-likeness (QED) is 0.0689. The number of esters is 1. The summed E-state index contributed by atoms with van der Waals surface area (Å²) in [6.45, 7) is 9.63. The summed E-state index contributed by atoms with van der Waals surface area (Å²) in [5.74, 6) is -2.04. The minimum atomic E-state index is -0.972. The van der Waals surface area contributed by atoms with Gasteiger partial charge in [-0.25, -0.2) is 9.78 Å². The Balaban J connectivity index is 1.52. The molecule has 1 amide bonds. The molecule has 1 fully saturated rings. The molecule has 0 aliphatic carbocycles. The molecule has 0 spiro atoms. The van der Waals surface area contributed by atoms with Crippen LogP contribution in [0.3, 0.4) is 0 Å². The van der Waals surface area contributed by atoms with Crippen molar-refractivity contribution in [3.8, 4) is 5.75 Å². The van der Waals surface area contributed by atoms with Crippen molar-refractivity contribution >= 4 is 39.9 Å². The second kappa shape index (κ2) is 13.1. The number of ether oxygens (including phenoxy) is 2. The van der Waals surface area contributed by atoms with E-state index in [9.17, 15) is 19.5 Å². The van der Waals surface area contributed by atoms with Crippen molar-refractivity contribution in [2.45, 2.75) is 39.8 Å². The number of carbonyl (C=O) groups excluding carboxylic acids is 3. The number of thiazole rings is 1. The van der Waals surface area contributed by atoms with Crippen LogP contribution in [0.1, 0.15) is 56.1 Å². The number of carbonyl (C=O) groups is 3. The first-order valence-corrected chi connectivity index (χ1v) is 15.0. The Bertz CT molecular complexity index is 1750. The number of nitrogens with zero attached hydrogens (tertiary/aromatic N) is 2. The van der Waals surface area contributed by atoms with Gasteiger partial charge in [0.1, 0.15) is 29.6 Å². The van der Waals surface area contributed by atoms with Crippen LogP contribution in [-0.4, -0.2) is 34.4 Å². The number of aliphatic hydroxyl groups is 1. The molecule has 1 saturated heterocycles. The number of amides is 1. The zero-order valence-corrected chi connectivity index (χ0v) is 25.5. The number of ketones is 1. The number of benzene rings is 3. The van der Waals surface area contributed by atoms with E-state index >= 15 is 0 Å². The predicted octanol–water partition coefficient (Wildman–Crippen LogP) is 6.87. The highest BCUT2D eigenvalue weighted by Gasteiger charge is 2.48. The Morgan fingerprint density at radius 1 is 1.05 bits per heavy atom. The fourth-order valence-corrected chi connectivity index (χ4v) is 5.98. The number of aryl methyl sites for hydroxylation is 3. The summed E-state index contributed by atoms with van der Waals surface area (Å²) in [6.07, 6.45) is 2.26. The van der Waals surface area contributed by atoms with Gasteiger partial charge in [0.05, 0.1) is 17.3 Å². The molecule has 9 heteroatoms. The van der Waals surface area contributed by atoms with Gasteiger partial charge in [-0.15, -0.1) is 0 Å². The topological polar surface area (TPSA) is 106 Å². The summed E-state index contributed by atoms with van der Waals surface area (Å²) in [4.78, 5) is 45.7. The molecular weight excluding hydrogens is 576 g/mol. The van der Waals surface area contributed by atoms with Crippen molar-refractivity contribution in [2.75, 3.05) is 11.5 Å². The first-order chi connectivity index (χ1) is 21.2. The van der Waals surface area contributed by atoms with Crippen LogP contribution in [0.15, 0.2) is 91.0 Å². The van der Waals surface area contributed by atoms with E-state index in [1.54, 1.807) is 31.2 Å². The van der Waals surface area contributed by atoms with Gasteiger partial charge in [0.2, 0.25) is 0 Å². The third-order valence-electron chi connectivity index (χ3n) is 7.27. The SMILES string of the molecule is C=CCOC(=O)c1sc(N2C(=O)C(=O)C(=C(O)c3ccc(OCc4cccc(C)c4)cc3)C2c2ccc(CC)cc2)nc1C. The molecule has 2 heterocycles. The summed E-state index contributed by atoms with van der Waals surface area (Å²) >= 11 is 0.955. The van der Waals surface area contributed by atoms with Crippen LogP contribution < -0.4 is 9.64 Å². The van der Waals surface area contributed by atoms with E-state index < -0.39 is 23.7 Å². The fourth-order valence-electron chi connectivity index (χ4n) is 4.99. The number of aliphatic hydroxyl groups excluding tert-OH is 1. The van der Waals surface area contributed by atoms with Crippen LogP contribution in [0.4, 0.5) is 5.13 Å². The van der Waals surface area contributed by atoms with Crippen molar-refractivity contribution in [1.29, 1.82) is 0 Å². The lowest BCUT2D eigenvalue weighted by atomic mass is 9.94. The Morgan fingerprint density at radius 3 is 2.43 bits per heavy atom. The third kappa shape index (κ3) is 6.18. The average Bonchev–Trinajstić information content (AvgIpc) is 3.54. The molecule has 0 bridgehead atoms. The molecule has 44 heavy (non-hydrogen) atoms. The van der Waals surface area contributed by atoms with Crippen LogP contribution in [0, 0.1) is 13.8 Å². The zero-order valence-electron chi connectivity index (χ0n) is 24.7. The summed E-state index contributed by atoms with van der Waals surface area (Å²) < 4.78 is 11.1. The molecule has 1 aliphatic heterocycles. The highest BCUT2D eigenvalue weighted by Crippen LogP contribution is 2.44. The standard InChI is InChI=1S/C35H32N2O6S/c1-5-18-42-34(41)32-22(4)36-35(44-32)37-29(25-12-10-23(6-2)11-13-25)28(31(39)33(37)40)30(38)26-14-16-27(17-15-26)43-20-24-9-7-8-21(3)19-24/h5,7-17,19,29,38H,1,6,18,20H2,2-4H3. The molecule has 1 atom stereocenters. The van der Waals surface area contributed by atoms with Crippen LogP contribution in [-0.2, 0) is 27.4 Å². The summed E-state index contributed by atoms with van der Waals surface area (Å²) in [5.41, 5.74) is 4.50. The Morgan fingerprint density at radius 2 is 1.77 bits per heavy atom. The van der Waals surface area contributed by atoms with Crippen molar-refractivity contribution < 1.29 is 29.0 Å². The molecule has 224 valence electrons. The Labute approximate surface area is 259 Å². The second-order valence-corrected chi connectivity index (χ2v) is 11.3. The largest absolute Gasteiger partial charge is 0.507 e. The molecule has 8 nitrogen and oxygen atoms in total. The summed E-state index contributed by atoms with van der Waals surface area (Å²) in [5, 5.41) is 11.7. The fraction of sp³-hybridized carbons (Fsp3) is 0.200. The maximum atomic E-state index is 13.6. The van der Waals surface area contributed by atoms with E-state index in [-0.39, 0.29) is 27.9 Å². The maximum absolute atomic E-state index is 13.6. The highest BCUT2D eigenvalue weighted by molar-refractivity contribution is 7.17. The van der Waals surface area contributed by atoms with E-state index in [1.807, 2.05) is 62.4 Å². The first kappa shape index (κ1) is 30.4. The number of hydrogen-bond acceptors (Lipinski definition) is 8. The molecule has 5 rings (SSSR count). The lowest BCUT2D eigenvalue weighted by Crippen LogP contribution is -2.29. The molecule has 1 N–H and O–H groups in total. The highest BCUT2D eigenvalue weighted by atomic mass is 32.1. The number of aromatic nitrogens is 1. The molecule has 3 aromatic carbocycles. The van der Waals surface area contributed by atoms with Gasteiger partial charge in [-0.2, -0.15) is 0 Å². The van der Waals surface area contributed by atoms with Gasteiger partial charge in [-0.3, -0.25) is 14.5 Å².